The molecule has 0 aliphatic rings. The molecule has 0 radical (unpaired) electrons. The van der Waals surface area contributed by atoms with E-state index in [2.05, 4.69) is 21.7 Å². The van der Waals surface area contributed by atoms with Gasteiger partial charge in [-0.2, -0.15) is 0 Å². The Balaban J connectivity index is 2.20. The van der Waals surface area contributed by atoms with Crippen molar-refractivity contribution in [2.75, 3.05) is 25.2 Å². The summed E-state index contributed by atoms with van der Waals surface area (Å²) >= 11 is 6.11. The van der Waals surface area contributed by atoms with Gasteiger partial charge in [-0.15, -0.1) is 5.53 Å². The second-order valence-electron chi connectivity index (χ2n) is 5.03. The number of urea groups is 1. The average molecular weight is 373 g/mol. The van der Waals surface area contributed by atoms with Crippen molar-refractivity contribution < 1.29 is 19.1 Å². The van der Waals surface area contributed by atoms with Gasteiger partial charge in [-0.3, -0.25) is 10.2 Å². The summed E-state index contributed by atoms with van der Waals surface area (Å²) in [6.07, 6.45) is 1.68. The first-order valence-corrected chi connectivity index (χ1v) is 8.57. The number of ether oxygens (including phenoxy) is 2. The largest absolute Gasteiger partial charge is 0.492 e. The fourth-order valence-corrected chi connectivity index (χ4v) is 2.01. The lowest BCUT2D eigenvalue weighted by Gasteiger charge is -2.12. The first-order valence-electron chi connectivity index (χ1n) is 8.19. The Morgan fingerprint density at radius 1 is 1.24 bits per heavy atom. The van der Waals surface area contributed by atoms with E-state index in [0.717, 1.165) is 6.42 Å². The van der Waals surface area contributed by atoms with Crippen LogP contribution in [0.3, 0.4) is 0 Å². The van der Waals surface area contributed by atoms with E-state index in [0.29, 0.717) is 42.6 Å². The Labute approximate surface area is 152 Å². The van der Waals surface area contributed by atoms with E-state index in [1.807, 2.05) is 6.92 Å². The molecule has 0 spiro atoms. The number of amides is 2. The van der Waals surface area contributed by atoms with Gasteiger partial charge in [-0.05, 0) is 38.0 Å². The third-order valence-electron chi connectivity index (χ3n) is 2.92. The van der Waals surface area contributed by atoms with Gasteiger partial charge in [0.25, 0.3) is 0 Å². The predicted octanol–water partition coefficient (Wildman–Crippen LogP) is 2.60. The average Bonchev–Trinajstić information content (AvgIpc) is 2.58. The summed E-state index contributed by atoms with van der Waals surface area (Å²) in [7, 11) is 0. The fraction of sp³-hybridized carbons (Fsp3) is 0.500. The maximum absolute atomic E-state index is 11.6. The normalized spacial score (nSPS) is 10.0. The lowest BCUT2D eigenvalue weighted by molar-refractivity contribution is -0.143. The molecule has 0 saturated carbocycles. The molecule has 0 heterocycles. The van der Waals surface area contributed by atoms with Gasteiger partial charge in [0.15, 0.2) is 0 Å². The molecule has 4 N–H and O–H groups in total. The number of hydrogen-bond donors (Lipinski definition) is 4. The molecule has 0 aliphatic carbocycles. The molecule has 1 aromatic carbocycles. The van der Waals surface area contributed by atoms with Crippen molar-refractivity contribution in [3.05, 3.63) is 23.2 Å². The van der Waals surface area contributed by atoms with Crippen LogP contribution in [-0.2, 0) is 9.53 Å². The maximum atomic E-state index is 11.6. The quantitative estimate of drug-likeness (QED) is 0.270. The number of nitrogens with one attached hydrogen (secondary N) is 4. The van der Waals surface area contributed by atoms with Crippen molar-refractivity contribution in [3.63, 3.8) is 0 Å². The standard InChI is InChI=1S/C16H25ClN4O4/c1-3-10-25-14-8-7-12(11-13(14)17)19-21-20-16(23)18-9-5-6-15(22)24-4-2/h7-8,11,19,21H,3-6,9-10H2,1-2H3,(H2,18,20,23). The zero-order chi connectivity index (χ0) is 18.5. The highest BCUT2D eigenvalue weighted by Gasteiger charge is 2.04. The van der Waals surface area contributed by atoms with Gasteiger partial charge < -0.3 is 20.2 Å². The maximum Gasteiger partial charge on any atom is 0.330 e. The molecule has 0 atom stereocenters. The van der Waals surface area contributed by atoms with Crippen LogP contribution in [0.25, 0.3) is 0 Å². The third kappa shape index (κ3) is 9.02. The molecule has 0 bridgehead atoms. The Bertz CT molecular complexity index is 557. The van der Waals surface area contributed by atoms with Gasteiger partial charge in [-0.1, -0.05) is 18.5 Å². The minimum atomic E-state index is -0.426. The molecule has 0 aromatic heterocycles. The Morgan fingerprint density at radius 3 is 2.72 bits per heavy atom. The van der Waals surface area contributed by atoms with Crippen LogP contribution in [0.5, 0.6) is 5.75 Å². The summed E-state index contributed by atoms with van der Waals surface area (Å²) in [4.78, 5) is 22.7. The highest BCUT2D eigenvalue weighted by Crippen LogP contribution is 2.27. The zero-order valence-corrected chi connectivity index (χ0v) is 15.2. The van der Waals surface area contributed by atoms with Crippen molar-refractivity contribution in [3.8, 4) is 5.75 Å². The van der Waals surface area contributed by atoms with Gasteiger partial charge in [0, 0.05) is 13.0 Å². The van der Waals surface area contributed by atoms with Crippen LogP contribution in [-0.4, -0.2) is 31.8 Å². The molecule has 0 aliphatic heterocycles. The van der Waals surface area contributed by atoms with Crippen molar-refractivity contribution >= 4 is 29.3 Å². The number of rotatable bonds is 11. The fourth-order valence-electron chi connectivity index (χ4n) is 1.78. The number of esters is 1. The highest BCUT2D eigenvalue weighted by molar-refractivity contribution is 6.32. The van der Waals surface area contributed by atoms with Gasteiger partial charge >= 0.3 is 12.0 Å². The second kappa shape index (κ2) is 12.2. The van der Waals surface area contributed by atoms with Crippen LogP contribution in [0.1, 0.15) is 33.1 Å². The van der Waals surface area contributed by atoms with Gasteiger partial charge in [0.2, 0.25) is 0 Å². The molecule has 9 heteroatoms. The smallest absolute Gasteiger partial charge is 0.330 e. The molecule has 0 saturated heterocycles. The number of halogens is 1. The lowest BCUT2D eigenvalue weighted by Crippen LogP contribution is -2.46. The Kier molecular flexibility index (Phi) is 10.2. The Hall–Kier alpha value is -2.19. The van der Waals surface area contributed by atoms with Crippen LogP contribution in [0.15, 0.2) is 18.2 Å². The van der Waals surface area contributed by atoms with Crippen LogP contribution in [0, 0.1) is 0 Å². The van der Waals surface area contributed by atoms with Gasteiger partial charge in [0.1, 0.15) is 5.75 Å². The highest BCUT2D eigenvalue weighted by atomic mass is 35.5. The van der Waals surface area contributed by atoms with Crippen LogP contribution >= 0.6 is 11.6 Å². The molecule has 25 heavy (non-hydrogen) atoms. The Morgan fingerprint density at radius 2 is 2.04 bits per heavy atom. The van der Waals surface area contributed by atoms with Crippen LogP contribution in [0.2, 0.25) is 5.02 Å². The van der Waals surface area contributed by atoms with Crippen molar-refractivity contribution in [1.29, 1.82) is 0 Å². The van der Waals surface area contributed by atoms with E-state index in [1.165, 1.54) is 0 Å². The topological polar surface area (TPSA) is 101 Å². The van der Waals surface area contributed by atoms with E-state index in [9.17, 15) is 9.59 Å². The predicted molar refractivity (Wildman–Crippen MR) is 96.4 cm³/mol. The first kappa shape index (κ1) is 20.9. The van der Waals surface area contributed by atoms with E-state index in [4.69, 9.17) is 21.1 Å². The summed E-state index contributed by atoms with van der Waals surface area (Å²) in [5, 5.41) is 3.08. The number of benzene rings is 1. The van der Waals surface area contributed by atoms with Crippen molar-refractivity contribution in [1.82, 2.24) is 16.3 Å². The SMILES string of the molecule is CCCOc1ccc(NNNC(=O)NCCCC(=O)OCC)cc1Cl. The van der Waals surface area contributed by atoms with Crippen LogP contribution < -0.4 is 26.4 Å². The monoisotopic (exact) mass is 372 g/mol. The summed E-state index contributed by atoms with van der Waals surface area (Å²) in [6.45, 7) is 5.09. The lowest BCUT2D eigenvalue weighted by atomic mass is 10.3. The summed E-state index contributed by atoms with van der Waals surface area (Å²) in [5.74, 6) is 0.342. The molecule has 0 unspecified atom stereocenters. The van der Waals surface area contributed by atoms with E-state index in [1.54, 1.807) is 25.1 Å². The summed E-state index contributed by atoms with van der Waals surface area (Å²) < 4.78 is 10.3. The second-order valence-corrected chi connectivity index (χ2v) is 5.44. The van der Waals surface area contributed by atoms with Crippen LogP contribution in [0.4, 0.5) is 10.5 Å². The molecular formula is C16H25ClN4O4. The first-order chi connectivity index (χ1) is 12.1. The molecule has 0 fully saturated rings. The third-order valence-corrected chi connectivity index (χ3v) is 3.22. The molecule has 8 nitrogen and oxygen atoms in total. The minimum Gasteiger partial charge on any atom is -0.492 e. The van der Waals surface area contributed by atoms with E-state index < -0.39 is 6.03 Å². The number of anilines is 1. The van der Waals surface area contributed by atoms with Gasteiger partial charge in [0.05, 0.1) is 23.9 Å². The van der Waals surface area contributed by atoms with Gasteiger partial charge in [-0.25, -0.2) is 4.79 Å². The summed E-state index contributed by atoms with van der Waals surface area (Å²) in [5.41, 5.74) is 8.42. The number of hydrazine groups is 2. The minimum absolute atomic E-state index is 0.269. The van der Waals surface area contributed by atoms with E-state index in [-0.39, 0.29) is 12.4 Å². The number of hydrogen-bond acceptors (Lipinski definition) is 6. The number of carbonyl (C=O) groups excluding carboxylic acids is 2. The van der Waals surface area contributed by atoms with Crippen molar-refractivity contribution in [2.24, 2.45) is 0 Å². The molecule has 2 amide bonds. The summed E-state index contributed by atoms with van der Waals surface area (Å²) in [6, 6.07) is 4.77. The zero-order valence-electron chi connectivity index (χ0n) is 14.5. The molecule has 1 rings (SSSR count). The molecular weight excluding hydrogens is 348 g/mol. The van der Waals surface area contributed by atoms with E-state index >= 15 is 0 Å². The molecule has 140 valence electrons. The molecule has 1 aromatic rings. The number of carbonyl (C=O) groups is 2. The van der Waals surface area contributed by atoms with Crippen molar-refractivity contribution in [2.45, 2.75) is 33.1 Å².